The van der Waals surface area contributed by atoms with Crippen molar-refractivity contribution in [3.05, 3.63) is 48.6 Å². The average Bonchev–Trinajstić information content (AvgIpc) is 3.22. The number of likely N-dealkylation sites (N-methyl/N-ethyl adjacent to an activating group) is 1. The van der Waals surface area contributed by atoms with Gasteiger partial charge in [0.2, 0.25) is 0 Å². The number of rotatable bonds is 45. The number of unbranched alkanes of at least 4 members (excludes halogenated alkanes) is 25. The van der Waals surface area contributed by atoms with Crippen LogP contribution in [0.3, 0.4) is 0 Å². The van der Waals surface area contributed by atoms with Crippen molar-refractivity contribution in [3.63, 3.8) is 0 Å². The van der Waals surface area contributed by atoms with Gasteiger partial charge >= 0.3 is 11.9 Å². The fourth-order valence-electron chi connectivity index (χ4n) is 7.36. The standard InChI is InChI=1S/C53H95NO7/c1-6-8-10-12-14-16-18-20-22-23-24-25-26-27-28-30-32-34-36-38-40-42-44-52(56)61-49(47-59-46-45-50(53(57)58)54(3,4)5)48-60-51(55)43-41-39-37-35-33-31-29-21-19-17-15-13-11-9-7-2/h9,11,13,15,17,19,26-27,49-50H,6-8,10,12,14,16,18,20-25,28-48H2,1-5H3/b11-9+,15-13+,19-17+,27-26+. The molecule has 0 aliphatic carbocycles. The van der Waals surface area contributed by atoms with E-state index in [1.54, 1.807) is 21.1 Å². The molecule has 0 saturated carbocycles. The quantitative estimate of drug-likeness (QED) is 0.0198. The first-order valence-electron chi connectivity index (χ1n) is 25.2. The van der Waals surface area contributed by atoms with Gasteiger partial charge in [-0.1, -0.05) is 191 Å². The van der Waals surface area contributed by atoms with Crippen molar-refractivity contribution in [3.8, 4) is 0 Å². The number of carboxylic acids is 1. The molecule has 0 spiro atoms. The maximum atomic E-state index is 12.8. The van der Waals surface area contributed by atoms with E-state index in [2.05, 4.69) is 62.5 Å². The molecule has 0 aromatic carbocycles. The number of nitrogens with zero attached hydrogens (tertiary/aromatic N) is 1. The Morgan fingerprint density at radius 1 is 0.508 bits per heavy atom. The summed E-state index contributed by atoms with van der Waals surface area (Å²) in [5, 5.41) is 11.7. The second kappa shape index (κ2) is 43.9. The maximum Gasteiger partial charge on any atom is 0.306 e. The third-order valence-corrected chi connectivity index (χ3v) is 11.3. The molecule has 8 heteroatoms. The van der Waals surface area contributed by atoms with E-state index in [4.69, 9.17) is 14.2 Å². The van der Waals surface area contributed by atoms with Gasteiger partial charge in [-0.2, -0.15) is 0 Å². The molecular weight excluding hydrogens is 763 g/mol. The zero-order valence-corrected chi connectivity index (χ0v) is 40.3. The number of hydrogen-bond acceptors (Lipinski definition) is 7. The summed E-state index contributed by atoms with van der Waals surface area (Å²) in [6.45, 7) is 4.54. The second-order valence-corrected chi connectivity index (χ2v) is 18.1. The van der Waals surface area contributed by atoms with Crippen LogP contribution in [-0.2, 0) is 28.6 Å². The first kappa shape index (κ1) is 58.3. The molecule has 0 aliphatic heterocycles. The predicted molar refractivity (Wildman–Crippen MR) is 254 cm³/mol. The molecule has 0 heterocycles. The Morgan fingerprint density at radius 3 is 1.39 bits per heavy atom. The number of aliphatic carboxylic acids is 1. The van der Waals surface area contributed by atoms with Crippen LogP contribution in [-0.4, -0.2) is 75.5 Å². The van der Waals surface area contributed by atoms with E-state index in [0.29, 0.717) is 12.8 Å². The highest BCUT2D eigenvalue weighted by atomic mass is 16.6. The maximum absolute atomic E-state index is 12.8. The summed E-state index contributed by atoms with van der Waals surface area (Å²) in [5.74, 6) is -1.75. The van der Waals surface area contributed by atoms with Crippen LogP contribution in [0, 0.1) is 0 Å². The van der Waals surface area contributed by atoms with Crippen LogP contribution >= 0.6 is 0 Å². The highest BCUT2D eigenvalue weighted by Crippen LogP contribution is 2.15. The Morgan fingerprint density at radius 2 is 0.934 bits per heavy atom. The highest BCUT2D eigenvalue weighted by molar-refractivity contribution is 5.70. The van der Waals surface area contributed by atoms with Crippen LogP contribution in [0.4, 0.5) is 0 Å². The van der Waals surface area contributed by atoms with Crippen molar-refractivity contribution in [2.45, 2.75) is 231 Å². The summed E-state index contributed by atoms with van der Waals surface area (Å²) in [5.41, 5.74) is 0. The third kappa shape index (κ3) is 42.4. The van der Waals surface area contributed by atoms with Crippen LogP contribution in [0.15, 0.2) is 48.6 Å². The van der Waals surface area contributed by atoms with Gasteiger partial charge in [-0.25, -0.2) is 0 Å². The number of carbonyl (C=O) groups excluding carboxylic acids is 3. The number of allylic oxidation sites excluding steroid dienone is 8. The average molecular weight is 858 g/mol. The SMILES string of the molecule is CC/C=C/C=C/C=C/CCCCCCCCCC(=O)OCC(COCCC(C(=O)[O-])[N+](C)(C)C)OC(=O)CCCCCCCCC/C=C/CCCCCCCCCCCCC. The number of carboxylic acid groups (broad SMARTS) is 1. The lowest BCUT2D eigenvalue weighted by Gasteiger charge is -2.34. The fraction of sp³-hybridized carbons (Fsp3) is 0.792. The molecule has 0 aliphatic rings. The van der Waals surface area contributed by atoms with E-state index in [0.717, 1.165) is 51.4 Å². The van der Waals surface area contributed by atoms with Crippen molar-refractivity contribution in [1.29, 1.82) is 0 Å². The van der Waals surface area contributed by atoms with Crippen molar-refractivity contribution in [2.75, 3.05) is 41.0 Å². The monoisotopic (exact) mass is 858 g/mol. The van der Waals surface area contributed by atoms with Crippen molar-refractivity contribution in [2.24, 2.45) is 0 Å². The van der Waals surface area contributed by atoms with Crippen molar-refractivity contribution >= 4 is 17.9 Å². The van der Waals surface area contributed by atoms with Crippen LogP contribution in [0.1, 0.15) is 219 Å². The molecular formula is C53H95NO7. The number of esters is 2. The molecule has 61 heavy (non-hydrogen) atoms. The second-order valence-electron chi connectivity index (χ2n) is 18.1. The summed E-state index contributed by atoms with van der Waals surface area (Å²) >= 11 is 0. The third-order valence-electron chi connectivity index (χ3n) is 11.3. The Bertz CT molecular complexity index is 1140. The molecule has 0 aromatic heterocycles. The van der Waals surface area contributed by atoms with E-state index in [9.17, 15) is 19.5 Å². The Balaban J connectivity index is 4.24. The normalized spacial score (nSPS) is 13.3. The molecule has 0 N–H and O–H groups in total. The van der Waals surface area contributed by atoms with E-state index < -0.39 is 18.1 Å². The van der Waals surface area contributed by atoms with Crippen LogP contribution in [0.2, 0.25) is 0 Å². The largest absolute Gasteiger partial charge is 0.544 e. The van der Waals surface area contributed by atoms with Gasteiger partial charge in [0, 0.05) is 19.3 Å². The van der Waals surface area contributed by atoms with Gasteiger partial charge in [-0.15, -0.1) is 0 Å². The van der Waals surface area contributed by atoms with Crippen LogP contribution < -0.4 is 5.11 Å². The first-order chi connectivity index (χ1) is 29.6. The topological polar surface area (TPSA) is 102 Å². The molecule has 0 amide bonds. The first-order valence-corrected chi connectivity index (χ1v) is 25.2. The molecule has 354 valence electrons. The Kier molecular flexibility index (Phi) is 42.0. The predicted octanol–water partition coefficient (Wildman–Crippen LogP) is 13.0. The van der Waals surface area contributed by atoms with Gasteiger partial charge < -0.3 is 28.6 Å². The van der Waals surface area contributed by atoms with Crippen LogP contribution in [0.5, 0.6) is 0 Å². The molecule has 0 fully saturated rings. The number of hydrogen-bond donors (Lipinski definition) is 0. The molecule has 2 atom stereocenters. The minimum atomic E-state index is -1.13. The number of carbonyl (C=O) groups is 3. The summed E-state index contributed by atoms with van der Waals surface area (Å²) in [6, 6.07) is -0.729. The number of quaternary nitrogens is 1. The molecule has 0 bridgehead atoms. The lowest BCUT2D eigenvalue weighted by Crippen LogP contribution is -2.55. The zero-order chi connectivity index (χ0) is 44.9. The minimum Gasteiger partial charge on any atom is -0.544 e. The van der Waals surface area contributed by atoms with Crippen molar-refractivity contribution < 1.29 is 38.2 Å². The highest BCUT2D eigenvalue weighted by Gasteiger charge is 2.25. The zero-order valence-electron chi connectivity index (χ0n) is 40.3. The molecule has 0 aromatic rings. The minimum absolute atomic E-state index is 0.0350. The Hall–Kier alpha value is -2.71. The van der Waals surface area contributed by atoms with Crippen LogP contribution in [0.25, 0.3) is 0 Å². The lowest BCUT2D eigenvalue weighted by atomic mass is 10.0. The molecule has 0 radical (unpaired) electrons. The van der Waals surface area contributed by atoms with Gasteiger partial charge in [0.25, 0.3) is 0 Å². The lowest BCUT2D eigenvalue weighted by molar-refractivity contribution is -0.889. The molecule has 2 unspecified atom stereocenters. The van der Waals surface area contributed by atoms with E-state index in [-0.39, 0.29) is 42.7 Å². The smallest absolute Gasteiger partial charge is 0.306 e. The number of ether oxygens (including phenoxy) is 3. The molecule has 0 saturated heterocycles. The van der Waals surface area contributed by atoms with Crippen molar-refractivity contribution in [1.82, 2.24) is 0 Å². The molecule has 8 nitrogen and oxygen atoms in total. The summed E-state index contributed by atoms with van der Waals surface area (Å²) < 4.78 is 17.2. The van der Waals surface area contributed by atoms with E-state index >= 15 is 0 Å². The van der Waals surface area contributed by atoms with Gasteiger partial charge in [-0.3, -0.25) is 9.59 Å². The van der Waals surface area contributed by atoms with E-state index in [1.807, 2.05) is 0 Å². The van der Waals surface area contributed by atoms with Gasteiger partial charge in [0.1, 0.15) is 12.6 Å². The van der Waals surface area contributed by atoms with Gasteiger partial charge in [-0.05, 0) is 57.8 Å². The Labute approximate surface area is 376 Å². The molecule has 0 rings (SSSR count). The van der Waals surface area contributed by atoms with Gasteiger partial charge in [0.15, 0.2) is 6.10 Å². The van der Waals surface area contributed by atoms with Gasteiger partial charge in [0.05, 0.1) is 40.3 Å². The summed E-state index contributed by atoms with van der Waals surface area (Å²) in [4.78, 5) is 37.0. The van der Waals surface area contributed by atoms with E-state index in [1.165, 1.54) is 135 Å². The summed E-state index contributed by atoms with van der Waals surface area (Å²) in [7, 11) is 5.41. The fourth-order valence-corrected chi connectivity index (χ4v) is 7.36. The summed E-state index contributed by atoms with van der Waals surface area (Å²) in [6.07, 6.45) is 52.9.